The molecule has 0 unspecified atom stereocenters. The van der Waals surface area contributed by atoms with Crippen LogP contribution in [0.4, 0.5) is 0 Å². The fraction of sp³-hybridized carbons (Fsp3) is 0.250. The summed E-state index contributed by atoms with van der Waals surface area (Å²) < 4.78 is 0. The Morgan fingerprint density at radius 2 is 2.38 bits per heavy atom. The summed E-state index contributed by atoms with van der Waals surface area (Å²) in [5, 5.41) is 14.4. The van der Waals surface area contributed by atoms with Gasteiger partial charge in [-0.15, -0.1) is 0 Å². The Morgan fingerprint density at radius 3 is 2.38 bits per heavy atom. The molecule has 0 fully saturated rings. The fourth-order valence-electron chi connectivity index (χ4n) is 0.197. The highest BCUT2D eigenvalue weighted by atomic mass is 35.5. The van der Waals surface area contributed by atoms with Gasteiger partial charge in [0.05, 0.1) is 0 Å². The van der Waals surface area contributed by atoms with Crippen molar-refractivity contribution < 1.29 is 0 Å². The molecule has 0 aromatic heterocycles. The van der Waals surface area contributed by atoms with E-state index in [1.165, 1.54) is 7.05 Å². The lowest BCUT2D eigenvalue weighted by atomic mass is 10.4. The van der Waals surface area contributed by atoms with E-state index >= 15 is 0 Å². The molecular weight excluding hydrogens is 126 g/mol. The van der Waals surface area contributed by atoms with Crippen LogP contribution in [0, 0.1) is 16.7 Å². The van der Waals surface area contributed by atoms with Gasteiger partial charge in [0.15, 0.2) is 10.9 Å². The maximum atomic E-state index is 8.09. The lowest BCUT2D eigenvalue weighted by molar-refractivity contribution is 1.44. The van der Waals surface area contributed by atoms with Crippen molar-refractivity contribution in [2.24, 2.45) is 4.99 Å². The van der Waals surface area contributed by atoms with Gasteiger partial charge in [0.1, 0.15) is 6.07 Å². The van der Waals surface area contributed by atoms with Gasteiger partial charge in [-0.2, -0.15) is 5.26 Å². The van der Waals surface area contributed by atoms with Crippen molar-refractivity contribution in [3.05, 3.63) is 0 Å². The Balaban J connectivity index is 4.20. The average molecular weight is 130 g/mol. The number of hydrogen-bond acceptors (Lipinski definition) is 3. The maximum Gasteiger partial charge on any atom is 0.171 e. The lowest BCUT2D eigenvalue weighted by Crippen LogP contribution is -2.01. The zero-order valence-corrected chi connectivity index (χ0v) is 5.03. The lowest BCUT2D eigenvalue weighted by Gasteiger charge is -1.82. The highest BCUT2D eigenvalue weighted by Crippen LogP contribution is 1.83. The van der Waals surface area contributed by atoms with E-state index in [0.717, 1.165) is 0 Å². The van der Waals surface area contributed by atoms with Crippen molar-refractivity contribution in [1.29, 1.82) is 10.7 Å². The molecule has 0 aliphatic rings. The average Bonchev–Trinajstić information content (AvgIpc) is 1.69. The fourth-order valence-corrected chi connectivity index (χ4v) is 0.324. The number of hydrogen-bond donors (Lipinski definition) is 1. The monoisotopic (exact) mass is 129 g/mol. The van der Waals surface area contributed by atoms with E-state index in [4.69, 9.17) is 22.3 Å². The summed E-state index contributed by atoms with van der Waals surface area (Å²) in [4.78, 5) is 3.41. The van der Waals surface area contributed by atoms with Crippen molar-refractivity contribution in [3.8, 4) is 6.07 Å². The summed E-state index contributed by atoms with van der Waals surface area (Å²) in [6.07, 6.45) is 0. The highest BCUT2D eigenvalue weighted by molar-refractivity contribution is 6.85. The Hall–Kier alpha value is -0.880. The van der Waals surface area contributed by atoms with Crippen LogP contribution in [0.15, 0.2) is 4.99 Å². The summed E-state index contributed by atoms with van der Waals surface area (Å²) in [7, 11) is 1.41. The molecule has 0 aromatic rings. The van der Waals surface area contributed by atoms with Crippen LogP contribution in [0.5, 0.6) is 0 Å². The van der Waals surface area contributed by atoms with Crippen LogP contribution in [0.1, 0.15) is 0 Å². The van der Waals surface area contributed by atoms with Crippen molar-refractivity contribution in [1.82, 2.24) is 0 Å². The standard InChI is InChI=1S/C4H4ClN3/c1-8-3(2-6)4(5)7/h7H,1H3. The van der Waals surface area contributed by atoms with Crippen LogP contribution >= 0.6 is 11.6 Å². The minimum Gasteiger partial charge on any atom is -0.287 e. The number of nitriles is 1. The maximum absolute atomic E-state index is 8.09. The van der Waals surface area contributed by atoms with Gasteiger partial charge in [0.2, 0.25) is 0 Å². The molecule has 8 heavy (non-hydrogen) atoms. The van der Waals surface area contributed by atoms with E-state index < -0.39 is 0 Å². The third kappa shape index (κ3) is 1.71. The van der Waals surface area contributed by atoms with Crippen LogP contribution in [-0.2, 0) is 0 Å². The van der Waals surface area contributed by atoms with Crippen molar-refractivity contribution in [3.63, 3.8) is 0 Å². The van der Waals surface area contributed by atoms with Crippen LogP contribution in [0.3, 0.4) is 0 Å². The second-order valence-electron chi connectivity index (χ2n) is 0.998. The highest BCUT2D eigenvalue weighted by Gasteiger charge is 1.97. The largest absolute Gasteiger partial charge is 0.287 e. The van der Waals surface area contributed by atoms with Gasteiger partial charge in [0, 0.05) is 7.05 Å². The van der Waals surface area contributed by atoms with Crippen LogP contribution in [-0.4, -0.2) is 17.9 Å². The summed E-state index contributed by atoms with van der Waals surface area (Å²) >= 11 is 5.07. The molecule has 0 heterocycles. The number of nitrogens with zero attached hydrogens (tertiary/aromatic N) is 2. The quantitative estimate of drug-likeness (QED) is 0.523. The van der Waals surface area contributed by atoms with E-state index in [2.05, 4.69) is 4.99 Å². The molecule has 0 rings (SSSR count). The van der Waals surface area contributed by atoms with Crippen LogP contribution < -0.4 is 0 Å². The van der Waals surface area contributed by atoms with E-state index in [1.807, 2.05) is 0 Å². The SMILES string of the molecule is CN=C(C#N)C(=N)Cl. The van der Waals surface area contributed by atoms with Gasteiger partial charge in [-0.3, -0.25) is 10.4 Å². The second-order valence-corrected chi connectivity index (χ2v) is 1.38. The third-order valence-electron chi connectivity index (χ3n) is 0.537. The minimum absolute atomic E-state index is 0.0355. The first kappa shape index (κ1) is 7.12. The molecule has 0 spiro atoms. The minimum atomic E-state index is -0.310. The molecule has 42 valence electrons. The van der Waals surface area contributed by atoms with Crippen molar-refractivity contribution >= 4 is 22.5 Å². The van der Waals surface area contributed by atoms with Gasteiger partial charge >= 0.3 is 0 Å². The van der Waals surface area contributed by atoms with Gasteiger partial charge in [-0.25, -0.2) is 0 Å². The Bertz CT molecular complexity index is 165. The molecule has 0 amide bonds. The van der Waals surface area contributed by atoms with E-state index in [0.29, 0.717) is 0 Å². The first-order valence-corrected chi connectivity index (χ1v) is 2.21. The summed E-state index contributed by atoms with van der Waals surface area (Å²) in [5.74, 6) is 0. The van der Waals surface area contributed by atoms with Crippen LogP contribution in [0.25, 0.3) is 0 Å². The predicted molar refractivity (Wildman–Crippen MR) is 32.6 cm³/mol. The Morgan fingerprint density at radius 1 is 1.88 bits per heavy atom. The van der Waals surface area contributed by atoms with Gasteiger partial charge in [0.25, 0.3) is 0 Å². The number of rotatable bonds is 1. The molecule has 4 heteroatoms. The topological polar surface area (TPSA) is 60.0 Å². The summed E-state index contributed by atoms with van der Waals surface area (Å²) in [6.45, 7) is 0. The smallest absolute Gasteiger partial charge is 0.171 e. The molecule has 1 N–H and O–H groups in total. The molecule has 0 aromatic carbocycles. The number of halogens is 1. The zero-order valence-electron chi connectivity index (χ0n) is 4.27. The van der Waals surface area contributed by atoms with E-state index in [-0.39, 0.29) is 10.9 Å². The molecule has 0 radical (unpaired) electrons. The zero-order chi connectivity index (χ0) is 6.57. The second kappa shape index (κ2) is 3.16. The number of aliphatic imine (C=N–C) groups is 1. The third-order valence-corrected chi connectivity index (χ3v) is 0.716. The van der Waals surface area contributed by atoms with Crippen molar-refractivity contribution in [2.45, 2.75) is 0 Å². The van der Waals surface area contributed by atoms with Gasteiger partial charge in [-0.1, -0.05) is 11.6 Å². The van der Waals surface area contributed by atoms with E-state index in [9.17, 15) is 0 Å². The summed E-state index contributed by atoms with van der Waals surface area (Å²) in [6, 6.07) is 1.64. The predicted octanol–water partition coefficient (Wildman–Crippen LogP) is 0.797. The first-order valence-electron chi connectivity index (χ1n) is 1.83. The molecule has 0 bridgehead atoms. The van der Waals surface area contributed by atoms with Crippen molar-refractivity contribution in [2.75, 3.05) is 7.05 Å². The molecule has 3 nitrogen and oxygen atoms in total. The molecule has 0 saturated carbocycles. The normalized spacial score (nSPS) is 10.4. The summed E-state index contributed by atoms with van der Waals surface area (Å²) in [5.41, 5.74) is -0.0355. The molecule has 0 aliphatic heterocycles. The number of nitrogens with one attached hydrogen (secondary N) is 1. The van der Waals surface area contributed by atoms with Crippen LogP contribution in [0.2, 0.25) is 0 Å². The Kier molecular flexibility index (Phi) is 2.82. The Labute approximate surface area is 52.1 Å². The molecular formula is C4H4ClN3. The van der Waals surface area contributed by atoms with Gasteiger partial charge < -0.3 is 0 Å². The first-order chi connectivity index (χ1) is 3.72. The molecule has 0 aliphatic carbocycles. The van der Waals surface area contributed by atoms with Gasteiger partial charge in [-0.05, 0) is 0 Å². The molecule has 0 atom stereocenters. The molecule has 0 saturated heterocycles. The van der Waals surface area contributed by atoms with E-state index in [1.54, 1.807) is 6.07 Å².